The number of hydrogen-bond donors (Lipinski definition) is 0. The summed E-state index contributed by atoms with van der Waals surface area (Å²) in [4.78, 5) is 13.5. The molecular weight excluding hydrogens is 910 g/mol. The van der Waals surface area contributed by atoms with E-state index >= 15 is 0 Å². The van der Waals surface area contributed by atoms with Crippen molar-refractivity contribution in [2.24, 2.45) is 0 Å². The van der Waals surface area contributed by atoms with Gasteiger partial charge >= 0.3 is 21.1 Å². The molecule has 9 rings (SSSR count). The summed E-state index contributed by atoms with van der Waals surface area (Å²) in [7, 11) is 0. The maximum atomic E-state index is 4.97. The van der Waals surface area contributed by atoms with Gasteiger partial charge in [0.2, 0.25) is 0 Å². The molecular formula is C56H51N3Pt. The standard InChI is InChI=1S/C25H23N.2C12H10N.C7H8.Pt/c1-16-9-11-20(13-18(16)3)21-12-10-17(2)23(15-21)25-19(4)14-22-7-5-6-8-24(22)26-25;2*1-10-5-4-6-11(9-10)12-7-2-3-8-13-12;1-7-5-3-2-4-6-7;/h5-15H,1-4H3;2*2-8H,1H3;2-6H,1H3;/q;2*-1;;+2. The fraction of sp³-hybridized carbons (Fsp3) is 0.125. The summed E-state index contributed by atoms with van der Waals surface area (Å²) in [5.74, 6) is 0. The number of rotatable bonds is 4. The van der Waals surface area contributed by atoms with Gasteiger partial charge in [-0.3, -0.25) is 0 Å². The minimum atomic E-state index is 0. The third-order valence-electron chi connectivity index (χ3n) is 9.95. The Kier molecular flexibility index (Phi) is 16.6. The third kappa shape index (κ3) is 12.6. The number of aromatic nitrogens is 3. The maximum Gasteiger partial charge on any atom is 2.00 e. The summed E-state index contributed by atoms with van der Waals surface area (Å²) in [6.07, 6.45) is 3.59. The fourth-order valence-electron chi connectivity index (χ4n) is 6.52. The van der Waals surface area contributed by atoms with Crippen molar-refractivity contribution in [2.45, 2.75) is 48.5 Å². The molecule has 0 aliphatic heterocycles. The SMILES string of the molecule is Cc1[c-]c(-c2ccccn2)ccc1.Cc1[c-]c(-c2ccccn2)ccc1.Cc1ccc(-c2ccc(C)c(-c3nc4ccccc4cc3C)c2)cc1C.Cc1ccccc1.[Pt+2]. The molecule has 0 N–H and O–H groups in total. The van der Waals surface area contributed by atoms with Crippen molar-refractivity contribution in [2.75, 3.05) is 0 Å². The van der Waals surface area contributed by atoms with E-state index in [0.717, 1.165) is 44.9 Å². The van der Waals surface area contributed by atoms with E-state index in [1.165, 1.54) is 49.9 Å². The zero-order chi connectivity index (χ0) is 41.6. The van der Waals surface area contributed by atoms with E-state index in [2.05, 4.69) is 130 Å². The molecule has 0 atom stereocenters. The number of aryl methyl sites for hydroxylation is 7. The average Bonchev–Trinajstić information content (AvgIpc) is 3.26. The summed E-state index contributed by atoms with van der Waals surface area (Å²) in [5, 5.41) is 1.19. The number of fused-ring (bicyclic) bond motifs is 1. The molecule has 3 aromatic heterocycles. The molecule has 0 unspecified atom stereocenters. The van der Waals surface area contributed by atoms with Crippen LogP contribution in [-0.2, 0) is 21.1 Å². The van der Waals surface area contributed by atoms with Gasteiger partial charge in [-0.15, -0.1) is 70.8 Å². The van der Waals surface area contributed by atoms with Crippen LogP contribution in [0.25, 0.3) is 55.8 Å². The number of hydrogen-bond acceptors (Lipinski definition) is 3. The van der Waals surface area contributed by atoms with Gasteiger partial charge in [-0.1, -0.05) is 123 Å². The van der Waals surface area contributed by atoms with E-state index in [4.69, 9.17) is 4.98 Å². The normalized spacial score (nSPS) is 10.1. The second kappa shape index (κ2) is 22.2. The molecule has 0 spiro atoms. The summed E-state index contributed by atoms with van der Waals surface area (Å²) in [6, 6.07) is 64.7. The van der Waals surface area contributed by atoms with Gasteiger partial charge in [0.05, 0.1) is 11.2 Å². The van der Waals surface area contributed by atoms with Crippen LogP contribution in [0.1, 0.15) is 38.9 Å². The fourth-order valence-corrected chi connectivity index (χ4v) is 6.52. The second-order valence-electron chi connectivity index (χ2n) is 14.8. The van der Waals surface area contributed by atoms with Crippen LogP contribution < -0.4 is 0 Å². The monoisotopic (exact) mass is 960 g/mol. The number of benzene rings is 6. The zero-order valence-corrected chi connectivity index (χ0v) is 37.8. The van der Waals surface area contributed by atoms with Crippen molar-refractivity contribution >= 4 is 10.9 Å². The van der Waals surface area contributed by atoms with Crippen LogP contribution in [0.5, 0.6) is 0 Å². The van der Waals surface area contributed by atoms with Crippen molar-refractivity contribution in [1.82, 2.24) is 15.0 Å². The first-order chi connectivity index (χ1) is 28.6. The Hall–Kier alpha value is -6.28. The Morgan fingerprint density at radius 3 is 1.45 bits per heavy atom. The molecule has 9 aromatic rings. The number of nitrogens with zero attached hydrogens (tertiary/aromatic N) is 3. The molecule has 0 fully saturated rings. The van der Waals surface area contributed by atoms with E-state index in [-0.39, 0.29) is 21.1 Å². The molecule has 0 aliphatic rings. The van der Waals surface area contributed by atoms with Gasteiger partial charge in [0.1, 0.15) is 0 Å². The van der Waals surface area contributed by atoms with Crippen molar-refractivity contribution in [1.29, 1.82) is 0 Å². The van der Waals surface area contributed by atoms with Crippen LogP contribution >= 0.6 is 0 Å². The Morgan fingerprint density at radius 1 is 0.400 bits per heavy atom. The van der Waals surface area contributed by atoms with E-state index in [1.807, 2.05) is 111 Å². The Balaban J connectivity index is 0.000000169. The zero-order valence-electron chi connectivity index (χ0n) is 35.5. The molecule has 0 saturated heterocycles. The Bertz CT molecular complexity index is 2650. The molecule has 0 aliphatic carbocycles. The predicted molar refractivity (Wildman–Crippen MR) is 249 cm³/mol. The first-order valence-corrected chi connectivity index (χ1v) is 20.0. The van der Waals surface area contributed by atoms with Gasteiger partial charge in [-0.05, 0) is 110 Å². The van der Waals surface area contributed by atoms with E-state index in [1.54, 1.807) is 12.4 Å². The van der Waals surface area contributed by atoms with Gasteiger partial charge in [-0.2, -0.15) is 0 Å². The van der Waals surface area contributed by atoms with Crippen LogP contribution in [0.3, 0.4) is 0 Å². The van der Waals surface area contributed by atoms with Crippen molar-refractivity contribution in [3.63, 3.8) is 0 Å². The van der Waals surface area contributed by atoms with Crippen LogP contribution in [0.2, 0.25) is 0 Å². The van der Waals surface area contributed by atoms with Gasteiger partial charge in [-0.25, -0.2) is 4.98 Å². The van der Waals surface area contributed by atoms with E-state index in [9.17, 15) is 0 Å². The molecule has 0 amide bonds. The largest absolute Gasteiger partial charge is 2.00 e. The van der Waals surface area contributed by atoms with E-state index in [0.29, 0.717) is 0 Å². The molecule has 300 valence electrons. The summed E-state index contributed by atoms with van der Waals surface area (Å²) >= 11 is 0. The van der Waals surface area contributed by atoms with Gasteiger partial charge < -0.3 is 9.97 Å². The van der Waals surface area contributed by atoms with Crippen LogP contribution in [-0.4, -0.2) is 15.0 Å². The van der Waals surface area contributed by atoms with Crippen molar-refractivity contribution in [3.05, 3.63) is 233 Å². The van der Waals surface area contributed by atoms with Crippen LogP contribution in [0.4, 0.5) is 0 Å². The Labute approximate surface area is 371 Å². The molecule has 3 heterocycles. The minimum Gasteiger partial charge on any atom is -0.305 e. The Morgan fingerprint density at radius 2 is 0.933 bits per heavy atom. The van der Waals surface area contributed by atoms with Gasteiger partial charge in [0.15, 0.2) is 0 Å². The molecule has 0 radical (unpaired) electrons. The molecule has 4 heteroatoms. The topological polar surface area (TPSA) is 38.7 Å². The minimum absolute atomic E-state index is 0. The number of para-hydroxylation sites is 1. The first kappa shape index (κ1) is 44.8. The summed E-state index contributed by atoms with van der Waals surface area (Å²) in [5.41, 5.74) is 18.6. The quantitative estimate of drug-likeness (QED) is 0.165. The molecule has 0 saturated carbocycles. The molecule has 60 heavy (non-hydrogen) atoms. The predicted octanol–water partition coefficient (Wildman–Crippen LogP) is 14.5. The van der Waals surface area contributed by atoms with Gasteiger partial charge in [0.25, 0.3) is 0 Å². The maximum absolute atomic E-state index is 4.97. The number of pyridine rings is 3. The molecule has 0 bridgehead atoms. The van der Waals surface area contributed by atoms with Crippen LogP contribution in [0, 0.1) is 60.6 Å². The van der Waals surface area contributed by atoms with Gasteiger partial charge in [0, 0.05) is 23.3 Å². The van der Waals surface area contributed by atoms with E-state index < -0.39 is 0 Å². The summed E-state index contributed by atoms with van der Waals surface area (Å²) < 4.78 is 0. The molecule has 6 aromatic carbocycles. The van der Waals surface area contributed by atoms with Crippen molar-refractivity contribution in [3.8, 4) is 44.9 Å². The second-order valence-corrected chi connectivity index (χ2v) is 14.8. The molecule has 3 nitrogen and oxygen atoms in total. The average molecular weight is 961 g/mol. The first-order valence-electron chi connectivity index (χ1n) is 20.0. The smallest absolute Gasteiger partial charge is 0.305 e. The third-order valence-corrected chi connectivity index (χ3v) is 9.95. The van der Waals surface area contributed by atoms with Crippen molar-refractivity contribution < 1.29 is 21.1 Å². The summed E-state index contributed by atoms with van der Waals surface area (Å²) in [6.45, 7) is 14.8. The van der Waals surface area contributed by atoms with Crippen LogP contribution in [0.15, 0.2) is 182 Å².